The van der Waals surface area contributed by atoms with Crippen LogP contribution >= 0.6 is 0 Å². The maximum absolute atomic E-state index is 13.7. The summed E-state index contributed by atoms with van der Waals surface area (Å²) in [5.74, 6) is -1.61. The Bertz CT molecular complexity index is 647. The monoisotopic (exact) mass is 274 g/mol. The molecule has 0 amide bonds. The van der Waals surface area contributed by atoms with Crippen molar-refractivity contribution in [1.29, 1.82) is 5.26 Å². The number of pyridine rings is 1. The van der Waals surface area contributed by atoms with Crippen LogP contribution in [0, 0.1) is 23.0 Å². The Hall–Kier alpha value is -2.68. The Morgan fingerprint density at radius 2 is 1.80 bits per heavy atom. The van der Waals surface area contributed by atoms with E-state index in [2.05, 4.69) is 15.6 Å². The third-order valence-electron chi connectivity index (χ3n) is 2.55. The smallest absolute Gasteiger partial charge is 0.169 e. The fourth-order valence-corrected chi connectivity index (χ4v) is 1.61. The van der Waals surface area contributed by atoms with Crippen molar-refractivity contribution in [2.45, 2.75) is 6.92 Å². The van der Waals surface area contributed by atoms with E-state index in [0.29, 0.717) is 17.8 Å². The topological polar surface area (TPSA) is 60.7 Å². The van der Waals surface area contributed by atoms with Crippen LogP contribution < -0.4 is 10.6 Å². The van der Waals surface area contributed by atoms with Crippen molar-refractivity contribution in [2.24, 2.45) is 0 Å². The van der Waals surface area contributed by atoms with E-state index >= 15 is 0 Å². The van der Waals surface area contributed by atoms with Crippen LogP contribution in [0.3, 0.4) is 0 Å². The van der Waals surface area contributed by atoms with Crippen molar-refractivity contribution in [3.05, 3.63) is 47.5 Å². The fraction of sp³-hybridized carbons (Fsp3) is 0.143. The number of nitrogens with zero attached hydrogens (tertiary/aromatic N) is 2. The molecule has 2 rings (SSSR count). The molecule has 0 spiro atoms. The summed E-state index contributed by atoms with van der Waals surface area (Å²) >= 11 is 0. The highest BCUT2D eigenvalue weighted by Crippen LogP contribution is 2.22. The van der Waals surface area contributed by atoms with E-state index in [9.17, 15) is 8.78 Å². The largest absolute Gasteiger partial charge is 0.368 e. The van der Waals surface area contributed by atoms with Gasteiger partial charge in [0, 0.05) is 18.3 Å². The van der Waals surface area contributed by atoms with E-state index < -0.39 is 11.6 Å². The number of anilines is 3. The molecular weight excluding hydrogens is 262 g/mol. The molecule has 0 bridgehead atoms. The Labute approximate surface area is 115 Å². The zero-order chi connectivity index (χ0) is 14.5. The van der Waals surface area contributed by atoms with Crippen LogP contribution in [0.25, 0.3) is 0 Å². The number of benzene rings is 1. The van der Waals surface area contributed by atoms with Crippen molar-refractivity contribution in [3.63, 3.8) is 0 Å². The van der Waals surface area contributed by atoms with E-state index in [1.54, 1.807) is 31.2 Å². The highest BCUT2D eigenvalue weighted by molar-refractivity contribution is 5.59. The van der Waals surface area contributed by atoms with Crippen LogP contribution in [0.15, 0.2) is 30.3 Å². The van der Waals surface area contributed by atoms with Crippen molar-refractivity contribution in [3.8, 4) is 6.07 Å². The maximum Gasteiger partial charge on any atom is 0.169 e. The maximum atomic E-state index is 13.7. The van der Waals surface area contributed by atoms with Gasteiger partial charge in [0.05, 0.1) is 11.6 Å². The average Bonchev–Trinajstić information content (AvgIpc) is 2.45. The highest BCUT2D eigenvalue weighted by Gasteiger charge is 2.11. The summed E-state index contributed by atoms with van der Waals surface area (Å²) in [6.07, 6.45) is 0. The van der Waals surface area contributed by atoms with Crippen LogP contribution in [0.5, 0.6) is 0 Å². The second-order valence-corrected chi connectivity index (χ2v) is 3.99. The molecule has 0 unspecified atom stereocenters. The normalized spacial score (nSPS) is 9.90. The van der Waals surface area contributed by atoms with Crippen LogP contribution in [-0.4, -0.2) is 11.5 Å². The van der Waals surface area contributed by atoms with Crippen LogP contribution in [0.1, 0.15) is 12.5 Å². The quantitative estimate of drug-likeness (QED) is 0.897. The average molecular weight is 274 g/mol. The molecule has 2 aromatic rings. The highest BCUT2D eigenvalue weighted by atomic mass is 19.1. The van der Waals surface area contributed by atoms with Crippen LogP contribution in [0.2, 0.25) is 0 Å². The molecule has 1 heterocycles. The molecule has 0 radical (unpaired) electrons. The summed E-state index contributed by atoms with van der Waals surface area (Å²) in [5.41, 5.74) is 1.06. The van der Waals surface area contributed by atoms with Gasteiger partial charge in [0.25, 0.3) is 0 Å². The molecule has 4 nitrogen and oxygen atoms in total. The standard InChI is InChI=1S/C14H12F2N4/c1-2-18-13-11(15)7-12(16)14(20-13)19-10-5-3-9(8-17)4-6-10/h3-7H,2H2,1H3,(H2,18,19,20). The summed E-state index contributed by atoms with van der Waals surface area (Å²) in [4.78, 5) is 3.86. The van der Waals surface area contributed by atoms with Gasteiger partial charge in [-0.2, -0.15) is 5.26 Å². The first kappa shape index (κ1) is 13.7. The number of nitrogens with one attached hydrogen (secondary N) is 2. The van der Waals surface area contributed by atoms with E-state index in [1.165, 1.54) is 0 Å². The minimum atomic E-state index is -0.784. The minimum absolute atomic E-state index is 0.00922. The molecule has 0 aliphatic carbocycles. The molecular formula is C14H12F2N4. The second-order valence-electron chi connectivity index (χ2n) is 3.99. The van der Waals surface area contributed by atoms with Gasteiger partial charge < -0.3 is 10.6 Å². The van der Waals surface area contributed by atoms with Crippen molar-refractivity contribution in [1.82, 2.24) is 4.98 Å². The Morgan fingerprint density at radius 1 is 1.15 bits per heavy atom. The zero-order valence-corrected chi connectivity index (χ0v) is 10.7. The van der Waals surface area contributed by atoms with Gasteiger partial charge in [-0.15, -0.1) is 0 Å². The molecule has 2 N–H and O–H groups in total. The van der Waals surface area contributed by atoms with Gasteiger partial charge in [-0.05, 0) is 31.2 Å². The van der Waals surface area contributed by atoms with Crippen molar-refractivity contribution < 1.29 is 8.78 Å². The first-order valence-corrected chi connectivity index (χ1v) is 6.01. The Balaban J connectivity index is 2.27. The van der Waals surface area contributed by atoms with Gasteiger partial charge in [0.15, 0.2) is 23.3 Å². The minimum Gasteiger partial charge on any atom is -0.368 e. The number of halogens is 2. The molecule has 102 valence electrons. The molecule has 0 fully saturated rings. The van der Waals surface area contributed by atoms with E-state index in [1.807, 2.05) is 6.07 Å². The van der Waals surface area contributed by atoms with Crippen LogP contribution in [0.4, 0.5) is 26.1 Å². The number of nitriles is 1. The molecule has 0 saturated heterocycles. The van der Waals surface area contributed by atoms with Gasteiger partial charge in [-0.25, -0.2) is 13.8 Å². The lowest BCUT2D eigenvalue weighted by Gasteiger charge is -2.10. The molecule has 6 heteroatoms. The molecule has 20 heavy (non-hydrogen) atoms. The summed E-state index contributed by atoms with van der Waals surface area (Å²) in [7, 11) is 0. The van der Waals surface area contributed by atoms with Crippen molar-refractivity contribution >= 4 is 17.3 Å². The SMILES string of the molecule is CCNc1nc(Nc2ccc(C#N)cc2)c(F)cc1F. The van der Waals surface area contributed by atoms with Crippen LogP contribution in [-0.2, 0) is 0 Å². The van der Waals surface area contributed by atoms with Gasteiger partial charge in [-0.1, -0.05) is 0 Å². The summed E-state index contributed by atoms with van der Waals surface area (Å²) in [6.45, 7) is 2.27. The molecule has 0 aliphatic rings. The third-order valence-corrected chi connectivity index (χ3v) is 2.55. The molecule has 0 aliphatic heterocycles. The lowest BCUT2D eigenvalue weighted by Crippen LogP contribution is -2.06. The van der Waals surface area contributed by atoms with E-state index in [0.717, 1.165) is 6.07 Å². The van der Waals surface area contributed by atoms with Gasteiger partial charge in [0.2, 0.25) is 0 Å². The Morgan fingerprint density at radius 3 is 2.40 bits per heavy atom. The van der Waals surface area contributed by atoms with Gasteiger partial charge >= 0.3 is 0 Å². The number of rotatable bonds is 4. The summed E-state index contributed by atoms with van der Waals surface area (Å²) < 4.78 is 27.1. The predicted octanol–water partition coefficient (Wildman–Crippen LogP) is 3.41. The second kappa shape index (κ2) is 5.97. The lowest BCUT2D eigenvalue weighted by molar-refractivity contribution is 0.579. The first-order chi connectivity index (χ1) is 9.63. The number of hydrogen-bond acceptors (Lipinski definition) is 4. The zero-order valence-electron chi connectivity index (χ0n) is 10.7. The summed E-state index contributed by atoms with van der Waals surface area (Å²) in [6, 6.07) is 9.19. The van der Waals surface area contributed by atoms with Gasteiger partial charge in [0.1, 0.15) is 0 Å². The van der Waals surface area contributed by atoms with E-state index in [-0.39, 0.29) is 11.6 Å². The first-order valence-electron chi connectivity index (χ1n) is 6.01. The lowest BCUT2D eigenvalue weighted by atomic mass is 10.2. The number of aromatic nitrogens is 1. The van der Waals surface area contributed by atoms with E-state index in [4.69, 9.17) is 5.26 Å². The molecule has 1 aromatic heterocycles. The van der Waals surface area contributed by atoms with Crippen molar-refractivity contribution in [2.75, 3.05) is 17.2 Å². The molecule has 1 aromatic carbocycles. The van der Waals surface area contributed by atoms with Gasteiger partial charge in [-0.3, -0.25) is 0 Å². The number of hydrogen-bond donors (Lipinski definition) is 2. The Kier molecular flexibility index (Phi) is 4.11. The third kappa shape index (κ3) is 3.01. The molecule has 0 saturated carbocycles. The molecule has 0 atom stereocenters. The fourth-order valence-electron chi connectivity index (χ4n) is 1.61. The summed E-state index contributed by atoms with van der Waals surface area (Å²) in [5, 5.41) is 14.2. The predicted molar refractivity (Wildman–Crippen MR) is 72.8 cm³/mol.